The van der Waals surface area contributed by atoms with Crippen LogP contribution in [0.25, 0.3) is 10.8 Å². The van der Waals surface area contributed by atoms with Crippen molar-refractivity contribution in [2.24, 2.45) is 0 Å². The van der Waals surface area contributed by atoms with Crippen molar-refractivity contribution in [1.29, 1.82) is 0 Å². The van der Waals surface area contributed by atoms with Crippen molar-refractivity contribution >= 4 is 10.8 Å². The van der Waals surface area contributed by atoms with E-state index in [1.807, 2.05) is 0 Å². The van der Waals surface area contributed by atoms with Gasteiger partial charge in [-0.05, 0) is 24.8 Å². The van der Waals surface area contributed by atoms with Crippen molar-refractivity contribution in [2.75, 3.05) is 0 Å². The molecule has 14 heavy (non-hydrogen) atoms. The second-order valence-corrected chi connectivity index (χ2v) is 3.67. The number of pyridine rings is 1. The second kappa shape index (κ2) is 3.79. The van der Waals surface area contributed by atoms with E-state index in [0.717, 1.165) is 18.5 Å². The summed E-state index contributed by atoms with van der Waals surface area (Å²) in [6, 6.07) is 10.6. The predicted molar refractivity (Wildman–Crippen MR) is 60.5 cm³/mol. The first-order chi connectivity index (χ1) is 6.81. The van der Waals surface area contributed by atoms with Gasteiger partial charge in [-0.15, -0.1) is 0 Å². The number of aromatic nitrogens is 1. The van der Waals surface area contributed by atoms with Crippen molar-refractivity contribution < 1.29 is 0 Å². The Hall–Kier alpha value is -1.37. The molecule has 0 atom stereocenters. The Morgan fingerprint density at radius 3 is 2.79 bits per heavy atom. The third-order valence-corrected chi connectivity index (χ3v) is 2.49. The van der Waals surface area contributed by atoms with Gasteiger partial charge >= 0.3 is 0 Å². The molecule has 0 saturated heterocycles. The normalized spacial score (nSPS) is 10.7. The average Bonchev–Trinajstić information content (AvgIpc) is 2.18. The standard InChI is InChI=1S/C13H15N/c1-3-6-12-9-11-7-4-5-8-13(11)10(2)14-12/h4-5,7-9H,3,6H2,1-2H3. The van der Waals surface area contributed by atoms with E-state index in [2.05, 4.69) is 49.2 Å². The van der Waals surface area contributed by atoms with Crippen molar-refractivity contribution in [2.45, 2.75) is 26.7 Å². The SMILES string of the molecule is CCCc1cc2ccccc2c(C)n1. The minimum atomic E-state index is 1.08. The minimum Gasteiger partial charge on any atom is -0.258 e. The highest BCUT2D eigenvalue weighted by molar-refractivity contribution is 5.84. The number of benzene rings is 1. The van der Waals surface area contributed by atoms with Crippen LogP contribution in [0.15, 0.2) is 30.3 Å². The number of nitrogens with zero attached hydrogens (tertiary/aromatic N) is 1. The summed E-state index contributed by atoms with van der Waals surface area (Å²) in [6.45, 7) is 4.27. The van der Waals surface area contributed by atoms with Crippen molar-refractivity contribution in [3.8, 4) is 0 Å². The molecule has 1 heterocycles. The maximum atomic E-state index is 4.59. The fourth-order valence-corrected chi connectivity index (χ4v) is 1.82. The van der Waals surface area contributed by atoms with Crippen LogP contribution in [-0.4, -0.2) is 4.98 Å². The van der Waals surface area contributed by atoms with Crippen molar-refractivity contribution in [3.05, 3.63) is 41.7 Å². The molecule has 2 aromatic rings. The fraction of sp³-hybridized carbons (Fsp3) is 0.308. The topological polar surface area (TPSA) is 12.9 Å². The van der Waals surface area contributed by atoms with Crippen LogP contribution >= 0.6 is 0 Å². The molecule has 0 fully saturated rings. The molecule has 0 spiro atoms. The van der Waals surface area contributed by atoms with E-state index >= 15 is 0 Å². The summed E-state index contributed by atoms with van der Waals surface area (Å²) in [7, 11) is 0. The highest BCUT2D eigenvalue weighted by Crippen LogP contribution is 2.18. The molecule has 0 saturated carbocycles. The Kier molecular flexibility index (Phi) is 2.49. The van der Waals surface area contributed by atoms with E-state index < -0.39 is 0 Å². The lowest BCUT2D eigenvalue weighted by atomic mass is 10.1. The van der Waals surface area contributed by atoms with Crippen LogP contribution in [0.4, 0.5) is 0 Å². The van der Waals surface area contributed by atoms with Gasteiger partial charge in [0.25, 0.3) is 0 Å². The van der Waals surface area contributed by atoms with Gasteiger partial charge in [0.15, 0.2) is 0 Å². The zero-order chi connectivity index (χ0) is 9.97. The molecule has 1 nitrogen and oxygen atoms in total. The van der Waals surface area contributed by atoms with Gasteiger partial charge in [-0.2, -0.15) is 0 Å². The maximum Gasteiger partial charge on any atom is 0.0454 e. The summed E-state index contributed by atoms with van der Waals surface area (Å²) in [6.07, 6.45) is 2.23. The summed E-state index contributed by atoms with van der Waals surface area (Å²) in [5.74, 6) is 0. The molecule has 0 bridgehead atoms. The number of aryl methyl sites for hydroxylation is 2. The lowest BCUT2D eigenvalue weighted by Crippen LogP contribution is -1.92. The minimum absolute atomic E-state index is 1.08. The fourth-order valence-electron chi connectivity index (χ4n) is 1.82. The van der Waals surface area contributed by atoms with Crippen LogP contribution in [0.5, 0.6) is 0 Å². The van der Waals surface area contributed by atoms with Crippen molar-refractivity contribution in [1.82, 2.24) is 4.98 Å². The third kappa shape index (κ3) is 1.63. The van der Waals surface area contributed by atoms with Gasteiger partial charge in [0.2, 0.25) is 0 Å². The molecule has 0 unspecified atom stereocenters. The van der Waals surface area contributed by atoms with Crippen LogP contribution in [0.2, 0.25) is 0 Å². The van der Waals surface area contributed by atoms with E-state index in [1.54, 1.807) is 0 Å². The number of fused-ring (bicyclic) bond motifs is 1. The van der Waals surface area contributed by atoms with Crippen LogP contribution in [-0.2, 0) is 6.42 Å². The number of rotatable bonds is 2. The molecule has 1 aromatic carbocycles. The smallest absolute Gasteiger partial charge is 0.0454 e. The zero-order valence-corrected chi connectivity index (χ0v) is 8.75. The average molecular weight is 185 g/mol. The molecule has 0 aliphatic heterocycles. The van der Waals surface area contributed by atoms with Gasteiger partial charge < -0.3 is 0 Å². The summed E-state index contributed by atoms with van der Waals surface area (Å²) >= 11 is 0. The summed E-state index contributed by atoms with van der Waals surface area (Å²) in [5.41, 5.74) is 2.36. The van der Waals surface area contributed by atoms with Crippen LogP contribution in [0.3, 0.4) is 0 Å². The third-order valence-electron chi connectivity index (χ3n) is 2.49. The predicted octanol–water partition coefficient (Wildman–Crippen LogP) is 3.50. The molecule has 2 rings (SSSR count). The quantitative estimate of drug-likeness (QED) is 0.697. The lowest BCUT2D eigenvalue weighted by molar-refractivity contribution is 0.879. The molecule has 72 valence electrons. The van der Waals surface area contributed by atoms with Gasteiger partial charge in [0.05, 0.1) is 0 Å². The van der Waals surface area contributed by atoms with Gasteiger partial charge in [-0.25, -0.2) is 0 Å². The van der Waals surface area contributed by atoms with E-state index in [0.29, 0.717) is 0 Å². The highest BCUT2D eigenvalue weighted by atomic mass is 14.7. The van der Waals surface area contributed by atoms with Crippen LogP contribution < -0.4 is 0 Å². The van der Waals surface area contributed by atoms with Crippen molar-refractivity contribution in [3.63, 3.8) is 0 Å². The van der Waals surface area contributed by atoms with Gasteiger partial charge in [0, 0.05) is 16.8 Å². The highest BCUT2D eigenvalue weighted by Gasteiger charge is 2.00. The molecule has 1 aromatic heterocycles. The summed E-state index contributed by atoms with van der Waals surface area (Å²) < 4.78 is 0. The Balaban J connectivity index is 2.60. The maximum absolute atomic E-state index is 4.59. The molecule has 0 N–H and O–H groups in total. The Morgan fingerprint density at radius 2 is 2.00 bits per heavy atom. The Labute approximate surface area is 84.8 Å². The van der Waals surface area contributed by atoms with Gasteiger partial charge in [-0.3, -0.25) is 4.98 Å². The van der Waals surface area contributed by atoms with Gasteiger partial charge in [-0.1, -0.05) is 37.6 Å². The first kappa shape index (κ1) is 9.20. The molecular formula is C13H15N. The molecule has 0 aliphatic carbocycles. The van der Waals surface area contributed by atoms with E-state index in [-0.39, 0.29) is 0 Å². The van der Waals surface area contributed by atoms with Crippen LogP contribution in [0.1, 0.15) is 24.7 Å². The van der Waals surface area contributed by atoms with Gasteiger partial charge in [0.1, 0.15) is 0 Å². The van der Waals surface area contributed by atoms with E-state index in [4.69, 9.17) is 0 Å². The monoisotopic (exact) mass is 185 g/mol. The van der Waals surface area contributed by atoms with Crippen LogP contribution in [0, 0.1) is 6.92 Å². The second-order valence-electron chi connectivity index (χ2n) is 3.67. The molecular weight excluding hydrogens is 170 g/mol. The molecule has 0 amide bonds. The summed E-state index contributed by atoms with van der Waals surface area (Å²) in [4.78, 5) is 4.59. The Bertz CT molecular complexity index is 446. The molecule has 1 heteroatoms. The number of hydrogen-bond donors (Lipinski definition) is 0. The Morgan fingerprint density at radius 1 is 1.21 bits per heavy atom. The largest absolute Gasteiger partial charge is 0.258 e. The molecule has 0 radical (unpaired) electrons. The molecule has 0 aliphatic rings. The number of hydrogen-bond acceptors (Lipinski definition) is 1. The summed E-state index contributed by atoms with van der Waals surface area (Å²) in [5, 5.41) is 2.58. The first-order valence-electron chi connectivity index (χ1n) is 5.16. The zero-order valence-electron chi connectivity index (χ0n) is 8.75. The lowest BCUT2D eigenvalue weighted by Gasteiger charge is -2.04. The van der Waals surface area contributed by atoms with E-state index in [9.17, 15) is 0 Å². The van der Waals surface area contributed by atoms with E-state index in [1.165, 1.54) is 16.5 Å². The first-order valence-corrected chi connectivity index (χ1v) is 5.16.